The average Bonchev–Trinajstić information content (AvgIpc) is 3.25. The number of benzene rings is 1. The first kappa shape index (κ1) is 28.3. The number of nitrogens with one attached hydrogen (secondary N) is 2. The number of rotatable bonds is 13. The number of aliphatic hydroxyl groups is 5. The molecule has 3 rings (SSSR count). The second kappa shape index (κ2) is 13.3. The number of ether oxygens (including phenoxy) is 3. The first-order valence-electron chi connectivity index (χ1n) is 12.3. The maximum absolute atomic E-state index is 10.4. The molecule has 1 saturated heterocycles. The highest BCUT2D eigenvalue weighted by Gasteiger charge is 2.45. The number of hydrogen-bond acceptors (Lipinski definition) is 10. The Labute approximate surface area is 211 Å². The predicted octanol–water partition coefficient (Wildman–Crippen LogP) is -0.0382. The number of aromatic amines is 1. The number of aromatic nitrogens is 2. The van der Waals surface area contributed by atoms with E-state index in [-0.39, 0.29) is 18.4 Å². The minimum absolute atomic E-state index is 0.112. The van der Waals surface area contributed by atoms with Crippen molar-refractivity contribution in [2.24, 2.45) is 0 Å². The molecule has 0 bridgehead atoms. The Bertz CT molecular complexity index is 951. The molecular weight excluding hydrogens is 470 g/mol. The van der Waals surface area contributed by atoms with Crippen molar-refractivity contribution in [2.45, 2.75) is 70.2 Å². The second-order valence-corrected chi connectivity index (χ2v) is 9.33. The Morgan fingerprint density at radius 1 is 1.11 bits per heavy atom. The van der Waals surface area contributed by atoms with Crippen LogP contribution in [-0.2, 0) is 11.2 Å². The fraction of sp³-hybridized carbons (Fsp3) is 0.640. The largest absolute Gasteiger partial charge is 0.492 e. The normalized spacial score (nSPS) is 24.3. The van der Waals surface area contributed by atoms with Gasteiger partial charge in [0, 0.05) is 30.8 Å². The van der Waals surface area contributed by atoms with E-state index in [1.807, 2.05) is 39.0 Å². The lowest BCUT2D eigenvalue weighted by molar-refractivity contribution is -0.278. The van der Waals surface area contributed by atoms with Crippen LogP contribution in [0.25, 0.3) is 0 Å². The molecule has 36 heavy (non-hydrogen) atoms. The molecule has 0 amide bonds. The van der Waals surface area contributed by atoms with Crippen LogP contribution in [0.2, 0.25) is 0 Å². The number of H-pyrrole nitrogens is 1. The maximum atomic E-state index is 10.4. The minimum atomic E-state index is -1.53. The highest BCUT2D eigenvalue weighted by molar-refractivity contribution is 5.42. The summed E-state index contributed by atoms with van der Waals surface area (Å²) in [7, 11) is 0. The SMILES string of the molecule is Cc1cc(OCCNCCCO)ccc1Cc1c(OC2O[C@H](CO)[C@@H](O)[C@H](O)[C@H]2O)n[nH]c1C(C)C. The molecule has 0 aliphatic carbocycles. The van der Waals surface area contributed by atoms with E-state index in [0.717, 1.165) is 34.7 Å². The van der Waals surface area contributed by atoms with Crippen LogP contribution in [0.15, 0.2) is 18.2 Å². The van der Waals surface area contributed by atoms with Gasteiger partial charge < -0.3 is 45.1 Å². The summed E-state index contributed by atoms with van der Waals surface area (Å²) < 4.78 is 17.2. The van der Waals surface area contributed by atoms with E-state index in [1.54, 1.807) is 0 Å². The molecule has 0 radical (unpaired) electrons. The molecule has 0 saturated carbocycles. The molecule has 11 heteroatoms. The molecule has 1 aliphatic rings. The van der Waals surface area contributed by atoms with Gasteiger partial charge in [0.15, 0.2) is 0 Å². The van der Waals surface area contributed by atoms with Crippen LogP contribution < -0.4 is 14.8 Å². The molecule has 1 aliphatic heterocycles. The van der Waals surface area contributed by atoms with Gasteiger partial charge in [0.25, 0.3) is 0 Å². The van der Waals surface area contributed by atoms with Crippen LogP contribution in [0.5, 0.6) is 11.6 Å². The quantitative estimate of drug-likeness (QED) is 0.182. The van der Waals surface area contributed by atoms with Crippen LogP contribution in [0, 0.1) is 6.92 Å². The van der Waals surface area contributed by atoms with Crippen molar-refractivity contribution in [3.8, 4) is 11.6 Å². The van der Waals surface area contributed by atoms with Crippen LogP contribution >= 0.6 is 0 Å². The van der Waals surface area contributed by atoms with Gasteiger partial charge >= 0.3 is 0 Å². The highest BCUT2D eigenvalue weighted by Crippen LogP contribution is 2.32. The average molecular weight is 510 g/mol. The van der Waals surface area contributed by atoms with Crippen molar-refractivity contribution in [1.82, 2.24) is 15.5 Å². The van der Waals surface area contributed by atoms with Crippen molar-refractivity contribution >= 4 is 0 Å². The van der Waals surface area contributed by atoms with Crippen molar-refractivity contribution < 1.29 is 39.7 Å². The fourth-order valence-corrected chi connectivity index (χ4v) is 4.10. The van der Waals surface area contributed by atoms with Crippen LogP contribution in [0.3, 0.4) is 0 Å². The van der Waals surface area contributed by atoms with Gasteiger partial charge in [-0.3, -0.25) is 5.10 Å². The molecule has 5 atom stereocenters. The van der Waals surface area contributed by atoms with Gasteiger partial charge in [-0.15, -0.1) is 5.10 Å². The minimum Gasteiger partial charge on any atom is -0.492 e. The van der Waals surface area contributed by atoms with E-state index in [9.17, 15) is 20.4 Å². The predicted molar refractivity (Wildman–Crippen MR) is 131 cm³/mol. The van der Waals surface area contributed by atoms with E-state index in [0.29, 0.717) is 26.0 Å². The van der Waals surface area contributed by atoms with Crippen LogP contribution in [0.4, 0.5) is 0 Å². The Morgan fingerprint density at radius 3 is 2.56 bits per heavy atom. The van der Waals surface area contributed by atoms with Crippen LogP contribution in [-0.4, -0.2) is 99.3 Å². The summed E-state index contributed by atoms with van der Waals surface area (Å²) in [5, 5.41) is 59.3. The summed E-state index contributed by atoms with van der Waals surface area (Å²) in [4.78, 5) is 0. The molecule has 1 aromatic heterocycles. The Balaban J connectivity index is 1.72. The summed E-state index contributed by atoms with van der Waals surface area (Å²) in [5.41, 5.74) is 3.70. The summed E-state index contributed by atoms with van der Waals surface area (Å²) in [6.45, 7) is 7.61. The molecular formula is C25H39N3O8. The third-order valence-electron chi connectivity index (χ3n) is 6.26. The standard InChI is InChI=1S/C25H39N3O8/c1-14(2)20-18(12-16-5-6-17(11-15(16)3)34-10-8-26-7-4-9-29)24(28-27-20)36-25-23(33)22(32)21(31)19(13-30)35-25/h5-6,11,14,19,21-23,25-26,29-33H,4,7-10,12-13H2,1-3H3,(H,27,28)/t19-,21-,22+,23-,25?/m1/s1. The third-order valence-corrected chi connectivity index (χ3v) is 6.26. The van der Waals surface area contributed by atoms with E-state index in [2.05, 4.69) is 15.5 Å². The van der Waals surface area contributed by atoms with Crippen molar-refractivity contribution in [3.63, 3.8) is 0 Å². The number of hydrogen-bond donors (Lipinski definition) is 7. The maximum Gasteiger partial charge on any atom is 0.238 e. The Kier molecular flexibility index (Phi) is 10.5. The molecule has 7 N–H and O–H groups in total. The topological polar surface area (TPSA) is 170 Å². The Morgan fingerprint density at radius 2 is 1.89 bits per heavy atom. The van der Waals surface area contributed by atoms with E-state index >= 15 is 0 Å². The molecule has 202 valence electrons. The van der Waals surface area contributed by atoms with Gasteiger partial charge in [0.05, 0.1) is 6.61 Å². The number of aliphatic hydroxyl groups excluding tert-OH is 5. The van der Waals surface area contributed by atoms with Gasteiger partial charge in [0.2, 0.25) is 12.2 Å². The lowest BCUT2D eigenvalue weighted by Crippen LogP contribution is -2.60. The van der Waals surface area contributed by atoms with E-state index in [4.69, 9.17) is 19.3 Å². The zero-order valence-electron chi connectivity index (χ0n) is 21.1. The smallest absolute Gasteiger partial charge is 0.238 e. The van der Waals surface area contributed by atoms with E-state index in [1.165, 1.54) is 0 Å². The first-order valence-corrected chi connectivity index (χ1v) is 12.3. The summed E-state index contributed by atoms with van der Waals surface area (Å²) in [5.74, 6) is 1.09. The van der Waals surface area contributed by atoms with Gasteiger partial charge in [-0.05, 0) is 49.1 Å². The lowest BCUT2D eigenvalue weighted by atomic mass is 9.96. The summed E-state index contributed by atoms with van der Waals surface area (Å²) in [6.07, 6.45) is -5.70. The third kappa shape index (κ3) is 6.94. The molecule has 1 aromatic carbocycles. The molecule has 2 aromatic rings. The van der Waals surface area contributed by atoms with Crippen molar-refractivity contribution in [3.05, 3.63) is 40.6 Å². The molecule has 2 heterocycles. The lowest BCUT2D eigenvalue weighted by Gasteiger charge is -2.39. The fourth-order valence-electron chi connectivity index (χ4n) is 4.10. The highest BCUT2D eigenvalue weighted by atomic mass is 16.7. The van der Waals surface area contributed by atoms with E-state index < -0.39 is 37.3 Å². The number of aryl methyl sites for hydroxylation is 1. The van der Waals surface area contributed by atoms with Gasteiger partial charge in [-0.2, -0.15) is 0 Å². The van der Waals surface area contributed by atoms with Crippen LogP contribution in [0.1, 0.15) is 48.6 Å². The van der Waals surface area contributed by atoms with Crippen molar-refractivity contribution in [1.29, 1.82) is 0 Å². The second-order valence-electron chi connectivity index (χ2n) is 9.33. The zero-order chi connectivity index (χ0) is 26.2. The first-order chi connectivity index (χ1) is 17.3. The zero-order valence-corrected chi connectivity index (χ0v) is 21.1. The Hall–Kier alpha value is -2.25. The molecule has 11 nitrogen and oxygen atoms in total. The molecule has 0 spiro atoms. The molecule has 1 unspecified atom stereocenters. The van der Waals surface area contributed by atoms with Gasteiger partial charge in [-0.1, -0.05) is 19.9 Å². The van der Waals surface area contributed by atoms with Gasteiger partial charge in [-0.25, -0.2) is 0 Å². The monoisotopic (exact) mass is 509 g/mol. The van der Waals surface area contributed by atoms with Crippen molar-refractivity contribution in [2.75, 3.05) is 32.9 Å². The number of nitrogens with zero attached hydrogens (tertiary/aromatic N) is 1. The molecule has 1 fully saturated rings. The summed E-state index contributed by atoms with van der Waals surface area (Å²) >= 11 is 0. The summed E-state index contributed by atoms with van der Waals surface area (Å²) in [6, 6.07) is 5.86. The van der Waals surface area contributed by atoms with Gasteiger partial charge in [0.1, 0.15) is 36.8 Å².